The van der Waals surface area contributed by atoms with Crippen molar-refractivity contribution in [2.24, 2.45) is 0 Å². The van der Waals surface area contributed by atoms with Crippen molar-refractivity contribution in [3.05, 3.63) is 57.6 Å². The van der Waals surface area contributed by atoms with Crippen molar-refractivity contribution >= 4 is 29.1 Å². The van der Waals surface area contributed by atoms with E-state index in [1.807, 2.05) is 32.0 Å². The van der Waals surface area contributed by atoms with Crippen molar-refractivity contribution in [3.63, 3.8) is 0 Å². The predicted octanol–water partition coefficient (Wildman–Crippen LogP) is 4.18. The Balaban J connectivity index is 2.00. The number of halogens is 2. The van der Waals surface area contributed by atoms with E-state index in [9.17, 15) is 9.90 Å². The van der Waals surface area contributed by atoms with Gasteiger partial charge in [0.1, 0.15) is 0 Å². The molecule has 146 valence electrons. The first kappa shape index (κ1) is 21.4. The molecule has 2 rings (SSSR count). The number of rotatable bonds is 8. The summed E-state index contributed by atoms with van der Waals surface area (Å²) in [5, 5.41) is 13.7. The van der Waals surface area contributed by atoms with Crippen LogP contribution < -0.4 is 14.8 Å². The van der Waals surface area contributed by atoms with Gasteiger partial charge in [-0.2, -0.15) is 0 Å². The van der Waals surface area contributed by atoms with Gasteiger partial charge >= 0.3 is 0 Å². The van der Waals surface area contributed by atoms with Crippen LogP contribution in [0.3, 0.4) is 0 Å². The van der Waals surface area contributed by atoms with Crippen LogP contribution in [0.15, 0.2) is 36.4 Å². The van der Waals surface area contributed by atoms with Crippen molar-refractivity contribution in [3.8, 4) is 11.5 Å². The molecule has 0 fully saturated rings. The number of methoxy groups -OCH3 is 1. The maximum absolute atomic E-state index is 12.3. The van der Waals surface area contributed by atoms with Crippen LogP contribution in [0.5, 0.6) is 11.5 Å². The van der Waals surface area contributed by atoms with E-state index in [-0.39, 0.29) is 11.1 Å². The summed E-state index contributed by atoms with van der Waals surface area (Å²) in [6.45, 7) is 4.32. The molecule has 27 heavy (non-hydrogen) atoms. The van der Waals surface area contributed by atoms with E-state index in [0.717, 1.165) is 5.56 Å². The van der Waals surface area contributed by atoms with E-state index in [0.29, 0.717) is 35.1 Å². The molecule has 0 radical (unpaired) electrons. The Morgan fingerprint density at radius 2 is 1.89 bits per heavy atom. The molecule has 2 atom stereocenters. The Bertz CT molecular complexity index is 798. The summed E-state index contributed by atoms with van der Waals surface area (Å²) in [4.78, 5) is 12.3. The Morgan fingerprint density at radius 1 is 1.15 bits per heavy atom. The smallest absolute Gasteiger partial charge is 0.253 e. The first-order valence-electron chi connectivity index (χ1n) is 8.58. The molecule has 0 aliphatic rings. The molecular formula is C20H23Cl2NO4. The minimum atomic E-state index is -1.32. The van der Waals surface area contributed by atoms with Gasteiger partial charge in [-0.3, -0.25) is 4.79 Å². The number of carbonyl (C=O) groups is 1. The number of ether oxygens (including phenoxy) is 2. The van der Waals surface area contributed by atoms with E-state index in [1.165, 1.54) is 6.07 Å². The lowest BCUT2D eigenvalue weighted by Crippen LogP contribution is -2.37. The van der Waals surface area contributed by atoms with Crippen molar-refractivity contribution < 1.29 is 19.4 Å². The average Bonchev–Trinajstić information content (AvgIpc) is 2.64. The molecule has 0 aliphatic heterocycles. The second-order valence-corrected chi connectivity index (χ2v) is 6.92. The number of aliphatic hydroxyl groups is 1. The number of aliphatic hydroxyl groups excluding tert-OH is 1. The Kier molecular flexibility index (Phi) is 7.78. The third kappa shape index (κ3) is 5.76. The Hall–Kier alpha value is -1.95. The van der Waals surface area contributed by atoms with Gasteiger partial charge in [0.05, 0.1) is 23.8 Å². The molecule has 5 nitrogen and oxygen atoms in total. The molecule has 0 heterocycles. The molecule has 0 aromatic heterocycles. The van der Waals surface area contributed by atoms with Gasteiger partial charge in [-0.25, -0.2) is 0 Å². The van der Waals surface area contributed by atoms with Gasteiger partial charge < -0.3 is 19.9 Å². The highest BCUT2D eigenvalue weighted by molar-refractivity contribution is 6.42. The predicted molar refractivity (Wildman–Crippen MR) is 107 cm³/mol. The standard InChI is InChI=1S/C20H23Cl2NO4/c1-4-27-17-8-5-13(10-18(17)26-3)9-12(2)23-20(25)19(24)14-6-7-15(21)16(22)11-14/h5-8,10-12,19,24H,4,9H2,1-3H3,(H,23,25). The van der Waals surface area contributed by atoms with Gasteiger partial charge in [0.2, 0.25) is 0 Å². The molecule has 7 heteroatoms. The number of benzene rings is 2. The summed E-state index contributed by atoms with van der Waals surface area (Å²) in [7, 11) is 1.58. The molecule has 0 aliphatic carbocycles. The second-order valence-electron chi connectivity index (χ2n) is 6.11. The number of carbonyl (C=O) groups excluding carboxylic acids is 1. The Morgan fingerprint density at radius 3 is 2.52 bits per heavy atom. The summed E-state index contributed by atoms with van der Waals surface area (Å²) in [5.41, 5.74) is 1.36. The minimum Gasteiger partial charge on any atom is -0.493 e. The number of nitrogens with one attached hydrogen (secondary N) is 1. The minimum absolute atomic E-state index is 0.197. The molecular weight excluding hydrogens is 389 g/mol. The van der Waals surface area contributed by atoms with E-state index in [1.54, 1.807) is 19.2 Å². The summed E-state index contributed by atoms with van der Waals surface area (Å²) in [6.07, 6.45) is -0.750. The fourth-order valence-corrected chi connectivity index (χ4v) is 2.98. The van der Waals surface area contributed by atoms with Crippen molar-refractivity contribution in [2.75, 3.05) is 13.7 Å². The topological polar surface area (TPSA) is 67.8 Å². The van der Waals surface area contributed by atoms with Crippen molar-refractivity contribution in [1.29, 1.82) is 0 Å². The molecule has 0 saturated heterocycles. The lowest BCUT2D eigenvalue weighted by Gasteiger charge is -2.18. The maximum Gasteiger partial charge on any atom is 0.253 e. The maximum atomic E-state index is 12.3. The molecule has 0 spiro atoms. The van der Waals surface area contributed by atoms with Crippen molar-refractivity contribution in [2.45, 2.75) is 32.4 Å². The second kappa shape index (κ2) is 9.83. The van der Waals surface area contributed by atoms with E-state index in [4.69, 9.17) is 32.7 Å². The largest absolute Gasteiger partial charge is 0.493 e. The van der Waals surface area contributed by atoms with E-state index in [2.05, 4.69) is 5.32 Å². The van der Waals surface area contributed by atoms with Gasteiger partial charge in [0, 0.05) is 6.04 Å². The fraction of sp³-hybridized carbons (Fsp3) is 0.350. The number of amides is 1. The van der Waals surface area contributed by atoms with Gasteiger partial charge in [-0.15, -0.1) is 0 Å². The molecule has 2 aromatic carbocycles. The first-order chi connectivity index (χ1) is 12.8. The molecule has 2 unspecified atom stereocenters. The molecule has 0 saturated carbocycles. The number of hydrogen-bond donors (Lipinski definition) is 2. The van der Waals surface area contributed by atoms with Gasteiger partial charge in [-0.1, -0.05) is 35.3 Å². The molecule has 2 aromatic rings. The van der Waals surface area contributed by atoms with Crippen LogP contribution in [0.4, 0.5) is 0 Å². The zero-order chi connectivity index (χ0) is 20.0. The van der Waals surface area contributed by atoms with Crippen LogP contribution in [0.25, 0.3) is 0 Å². The van der Waals surface area contributed by atoms with Gasteiger partial charge in [0.15, 0.2) is 17.6 Å². The average molecular weight is 412 g/mol. The van der Waals surface area contributed by atoms with E-state index < -0.39 is 12.0 Å². The quantitative estimate of drug-likeness (QED) is 0.683. The van der Waals surface area contributed by atoms with Gasteiger partial charge in [0.25, 0.3) is 5.91 Å². The van der Waals surface area contributed by atoms with E-state index >= 15 is 0 Å². The molecule has 1 amide bonds. The highest BCUT2D eigenvalue weighted by atomic mass is 35.5. The normalized spacial score (nSPS) is 13.0. The zero-order valence-corrected chi connectivity index (χ0v) is 17.0. The third-order valence-corrected chi connectivity index (χ3v) is 4.71. The van der Waals surface area contributed by atoms with Crippen molar-refractivity contribution in [1.82, 2.24) is 5.32 Å². The highest BCUT2D eigenvalue weighted by Crippen LogP contribution is 2.29. The summed E-state index contributed by atoms with van der Waals surface area (Å²) in [5.74, 6) is 0.818. The summed E-state index contributed by atoms with van der Waals surface area (Å²) in [6, 6.07) is 10.0. The van der Waals surface area contributed by atoms with Crippen LogP contribution >= 0.6 is 23.2 Å². The zero-order valence-electron chi connectivity index (χ0n) is 15.5. The lowest BCUT2D eigenvalue weighted by atomic mass is 10.0. The Labute approximate surface area is 169 Å². The monoisotopic (exact) mass is 411 g/mol. The molecule has 0 bridgehead atoms. The van der Waals surface area contributed by atoms with Crippen LogP contribution in [-0.4, -0.2) is 30.8 Å². The highest BCUT2D eigenvalue weighted by Gasteiger charge is 2.20. The SMILES string of the molecule is CCOc1ccc(CC(C)NC(=O)C(O)c2ccc(Cl)c(Cl)c2)cc1OC. The number of hydrogen-bond acceptors (Lipinski definition) is 4. The summed E-state index contributed by atoms with van der Waals surface area (Å²) < 4.78 is 10.8. The van der Waals surface area contributed by atoms with Crippen LogP contribution in [-0.2, 0) is 11.2 Å². The molecule has 2 N–H and O–H groups in total. The summed E-state index contributed by atoms with van der Waals surface area (Å²) >= 11 is 11.8. The van der Waals surface area contributed by atoms with Crippen LogP contribution in [0.1, 0.15) is 31.1 Å². The van der Waals surface area contributed by atoms with Crippen LogP contribution in [0.2, 0.25) is 10.0 Å². The lowest BCUT2D eigenvalue weighted by molar-refractivity contribution is -0.130. The third-order valence-electron chi connectivity index (χ3n) is 3.97. The first-order valence-corrected chi connectivity index (χ1v) is 9.34. The van der Waals surface area contributed by atoms with Crippen LogP contribution in [0, 0.1) is 0 Å². The van der Waals surface area contributed by atoms with Gasteiger partial charge in [-0.05, 0) is 55.7 Å². The fourth-order valence-electron chi connectivity index (χ4n) is 2.67.